The van der Waals surface area contributed by atoms with E-state index in [0.717, 1.165) is 19.1 Å². The van der Waals surface area contributed by atoms with Crippen LogP contribution in [0.5, 0.6) is 0 Å². The van der Waals surface area contributed by atoms with Gasteiger partial charge in [-0.1, -0.05) is 13.8 Å². The number of amides is 2. The van der Waals surface area contributed by atoms with Crippen molar-refractivity contribution >= 4 is 21.8 Å². The summed E-state index contributed by atoms with van der Waals surface area (Å²) in [5.41, 5.74) is 0. The van der Waals surface area contributed by atoms with Gasteiger partial charge >= 0.3 is 0 Å². The molecule has 0 saturated carbocycles. The van der Waals surface area contributed by atoms with Gasteiger partial charge in [-0.15, -0.1) is 0 Å². The van der Waals surface area contributed by atoms with E-state index in [-0.39, 0.29) is 30.8 Å². The van der Waals surface area contributed by atoms with Crippen LogP contribution in [-0.2, 0) is 19.6 Å². The molecule has 0 aromatic heterocycles. The Labute approximate surface area is 120 Å². The van der Waals surface area contributed by atoms with Gasteiger partial charge in [0.15, 0.2) is 0 Å². The summed E-state index contributed by atoms with van der Waals surface area (Å²) in [6.07, 6.45) is 2.72. The van der Waals surface area contributed by atoms with Crippen molar-refractivity contribution in [1.29, 1.82) is 0 Å². The molecule has 1 unspecified atom stereocenters. The number of hydrogen-bond donors (Lipinski definition) is 2. The van der Waals surface area contributed by atoms with E-state index in [9.17, 15) is 18.0 Å². The van der Waals surface area contributed by atoms with Crippen molar-refractivity contribution in [3.05, 3.63) is 0 Å². The maximum Gasteiger partial charge on any atom is 0.247 e. The zero-order chi connectivity index (χ0) is 15.3. The first-order chi connectivity index (χ1) is 9.30. The molecule has 2 N–H and O–H groups in total. The third-order valence-corrected chi connectivity index (χ3v) is 4.10. The predicted molar refractivity (Wildman–Crippen MR) is 75.5 cm³/mol. The molecule has 1 saturated heterocycles. The Morgan fingerprint density at radius 2 is 1.85 bits per heavy atom. The molecule has 0 bridgehead atoms. The molecule has 1 atom stereocenters. The highest BCUT2D eigenvalue weighted by Crippen LogP contribution is 2.19. The molecule has 0 spiro atoms. The standard InChI is InChI=1S/C12H23N3O4S/c1-4-9(5-2)15-11(16)8-10(12(15)17)13-6-7-14-20(3,18)19/h9-10,13-14H,4-8H2,1-3H3. The quantitative estimate of drug-likeness (QED) is 0.463. The van der Waals surface area contributed by atoms with Crippen LogP contribution in [-0.4, -0.2) is 56.6 Å². The maximum atomic E-state index is 12.2. The monoisotopic (exact) mass is 305 g/mol. The number of likely N-dealkylation sites (tertiary alicyclic amines) is 1. The van der Waals surface area contributed by atoms with Gasteiger partial charge in [-0.2, -0.15) is 0 Å². The number of nitrogens with one attached hydrogen (secondary N) is 2. The summed E-state index contributed by atoms with van der Waals surface area (Å²) in [5, 5.41) is 2.93. The van der Waals surface area contributed by atoms with Crippen LogP contribution >= 0.6 is 0 Å². The number of carbonyl (C=O) groups excluding carboxylic acids is 2. The smallest absolute Gasteiger partial charge is 0.247 e. The SMILES string of the molecule is CCC(CC)N1C(=O)CC(NCCNS(C)(=O)=O)C1=O. The summed E-state index contributed by atoms with van der Waals surface area (Å²) in [6, 6.07) is -0.583. The topological polar surface area (TPSA) is 95.6 Å². The lowest BCUT2D eigenvalue weighted by atomic mass is 10.1. The van der Waals surface area contributed by atoms with Crippen LogP contribution in [0, 0.1) is 0 Å². The van der Waals surface area contributed by atoms with Gasteiger partial charge in [0.1, 0.15) is 0 Å². The lowest BCUT2D eigenvalue weighted by molar-refractivity contribution is -0.141. The molecule has 7 nitrogen and oxygen atoms in total. The van der Waals surface area contributed by atoms with E-state index in [0.29, 0.717) is 6.54 Å². The summed E-state index contributed by atoms with van der Waals surface area (Å²) < 4.78 is 24.1. The van der Waals surface area contributed by atoms with Crippen molar-refractivity contribution in [3.63, 3.8) is 0 Å². The molecular weight excluding hydrogens is 282 g/mol. The van der Waals surface area contributed by atoms with Crippen LogP contribution in [0.15, 0.2) is 0 Å². The van der Waals surface area contributed by atoms with E-state index in [2.05, 4.69) is 10.0 Å². The van der Waals surface area contributed by atoms with Gasteiger partial charge in [-0.25, -0.2) is 13.1 Å². The minimum atomic E-state index is -3.23. The molecule has 0 radical (unpaired) electrons. The average molecular weight is 305 g/mol. The van der Waals surface area contributed by atoms with Crippen molar-refractivity contribution in [1.82, 2.24) is 14.9 Å². The second-order valence-electron chi connectivity index (χ2n) is 4.95. The number of carbonyl (C=O) groups is 2. The van der Waals surface area contributed by atoms with E-state index < -0.39 is 16.1 Å². The molecule has 1 fully saturated rings. The molecule has 2 amide bonds. The van der Waals surface area contributed by atoms with Crippen LogP contribution < -0.4 is 10.0 Å². The van der Waals surface area contributed by atoms with Crippen molar-refractivity contribution in [3.8, 4) is 0 Å². The molecule has 20 heavy (non-hydrogen) atoms. The molecule has 8 heteroatoms. The molecule has 0 aromatic rings. The largest absolute Gasteiger partial charge is 0.304 e. The zero-order valence-corrected chi connectivity index (χ0v) is 13.0. The summed E-state index contributed by atoms with van der Waals surface area (Å²) in [4.78, 5) is 25.4. The lowest BCUT2D eigenvalue weighted by Crippen LogP contribution is -2.45. The third kappa shape index (κ3) is 4.53. The van der Waals surface area contributed by atoms with Gasteiger partial charge in [0.25, 0.3) is 0 Å². The van der Waals surface area contributed by atoms with Crippen LogP contribution in [0.4, 0.5) is 0 Å². The molecular formula is C12H23N3O4S. The number of imide groups is 1. The second-order valence-corrected chi connectivity index (χ2v) is 6.78. The lowest BCUT2D eigenvalue weighted by Gasteiger charge is -2.24. The van der Waals surface area contributed by atoms with E-state index in [4.69, 9.17) is 0 Å². The van der Waals surface area contributed by atoms with Gasteiger partial charge in [0, 0.05) is 19.1 Å². The summed E-state index contributed by atoms with van der Waals surface area (Å²) in [6.45, 7) is 4.41. The van der Waals surface area contributed by atoms with E-state index >= 15 is 0 Å². The average Bonchev–Trinajstić information content (AvgIpc) is 2.63. The highest BCUT2D eigenvalue weighted by Gasteiger charge is 2.40. The van der Waals surface area contributed by atoms with Gasteiger partial charge in [-0.05, 0) is 12.8 Å². The number of sulfonamides is 1. The Balaban J connectivity index is 2.50. The normalized spacial score (nSPS) is 20.2. The highest BCUT2D eigenvalue weighted by atomic mass is 32.2. The van der Waals surface area contributed by atoms with Crippen molar-refractivity contribution in [2.75, 3.05) is 19.3 Å². The van der Waals surface area contributed by atoms with Gasteiger partial charge in [-0.3, -0.25) is 14.5 Å². The molecule has 116 valence electrons. The number of hydrogen-bond acceptors (Lipinski definition) is 5. The third-order valence-electron chi connectivity index (χ3n) is 3.37. The van der Waals surface area contributed by atoms with Crippen LogP contribution in [0.25, 0.3) is 0 Å². The second kappa shape index (κ2) is 7.14. The summed E-state index contributed by atoms with van der Waals surface area (Å²) in [5.74, 6) is -0.361. The molecule has 1 heterocycles. The first-order valence-electron chi connectivity index (χ1n) is 6.84. The summed E-state index contributed by atoms with van der Waals surface area (Å²) in [7, 11) is -3.23. The van der Waals surface area contributed by atoms with Crippen molar-refractivity contribution < 1.29 is 18.0 Å². The molecule has 0 aromatic carbocycles. The van der Waals surface area contributed by atoms with Crippen molar-refractivity contribution in [2.24, 2.45) is 0 Å². The molecule has 1 aliphatic heterocycles. The number of rotatable bonds is 8. The predicted octanol–water partition coefficient (Wildman–Crippen LogP) is -0.559. The Kier molecular flexibility index (Phi) is 6.09. The fraction of sp³-hybridized carbons (Fsp3) is 0.833. The number of nitrogens with zero attached hydrogens (tertiary/aromatic N) is 1. The first-order valence-corrected chi connectivity index (χ1v) is 8.73. The van der Waals surface area contributed by atoms with Gasteiger partial charge in [0.2, 0.25) is 21.8 Å². The Bertz CT molecular complexity index is 459. The van der Waals surface area contributed by atoms with E-state index in [1.54, 1.807) is 0 Å². The zero-order valence-electron chi connectivity index (χ0n) is 12.2. The highest BCUT2D eigenvalue weighted by molar-refractivity contribution is 7.88. The summed E-state index contributed by atoms with van der Waals surface area (Å²) >= 11 is 0. The van der Waals surface area contributed by atoms with Crippen LogP contribution in [0.3, 0.4) is 0 Å². The van der Waals surface area contributed by atoms with Crippen LogP contribution in [0.1, 0.15) is 33.1 Å². The Morgan fingerprint density at radius 3 is 2.35 bits per heavy atom. The molecule has 1 rings (SSSR count). The molecule has 1 aliphatic rings. The van der Waals surface area contributed by atoms with Gasteiger partial charge < -0.3 is 5.32 Å². The minimum Gasteiger partial charge on any atom is -0.304 e. The maximum absolute atomic E-state index is 12.2. The minimum absolute atomic E-state index is 0.0454. The Hall–Kier alpha value is -0.990. The van der Waals surface area contributed by atoms with E-state index in [1.165, 1.54) is 4.90 Å². The van der Waals surface area contributed by atoms with Crippen LogP contribution in [0.2, 0.25) is 0 Å². The first kappa shape index (κ1) is 17.1. The van der Waals surface area contributed by atoms with E-state index in [1.807, 2.05) is 13.8 Å². The fourth-order valence-corrected chi connectivity index (χ4v) is 2.80. The molecule has 0 aliphatic carbocycles. The van der Waals surface area contributed by atoms with Crippen molar-refractivity contribution in [2.45, 2.75) is 45.2 Å². The fourth-order valence-electron chi connectivity index (χ4n) is 2.33. The Morgan fingerprint density at radius 1 is 1.25 bits per heavy atom. The van der Waals surface area contributed by atoms with Gasteiger partial charge in [0.05, 0.1) is 18.7 Å².